The zero-order valence-electron chi connectivity index (χ0n) is 15.4. The number of nitrogens with one attached hydrogen (secondary N) is 1. The summed E-state index contributed by atoms with van der Waals surface area (Å²) in [5.41, 5.74) is 0.614. The average molecular weight is 487 g/mol. The lowest BCUT2D eigenvalue weighted by Gasteiger charge is -2.14. The number of halogens is 1. The molecule has 28 heavy (non-hydrogen) atoms. The molecule has 0 aromatic heterocycles. The van der Waals surface area contributed by atoms with Crippen LogP contribution in [0.2, 0.25) is 0 Å². The summed E-state index contributed by atoms with van der Waals surface area (Å²) in [6.07, 6.45) is 1.95. The molecule has 0 saturated carbocycles. The fourth-order valence-electron chi connectivity index (χ4n) is 2.11. The van der Waals surface area contributed by atoms with E-state index in [1.54, 1.807) is 23.9 Å². The lowest BCUT2D eigenvalue weighted by molar-refractivity contribution is -0.119. The van der Waals surface area contributed by atoms with Gasteiger partial charge < -0.3 is 10.1 Å². The minimum Gasteiger partial charge on any atom is -0.452 e. The maximum absolute atomic E-state index is 12.3. The van der Waals surface area contributed by atoms with Crippen molar-refractivity contribution in [3.05, 3.63) is 52.5 Å². The van der Waals surface area contributed by atoms with Gasteiger partial charge in [-0.1, -0.05) is 0 Å². The van der Waals surface area contributed by atoms with Gasteiger partial charge in [0, 0.05) is 29.2 Å². The van der Waals surface area contributed by atoms with Gasteiger partial charge in [0.25, 0.3) is 5.91 Å². The third kappa shape index (κ3) is 5.57. The molecule has 7 nitrogen and oxygen atoms in total. The first-order valence-corrected chi connectivity index (χ1v) is 11.4. The Morgan fingerprint density at radius 1 is 1.14 bits per heavy atom. The molecule has 1 amide bonds. The largest absolute Gasteiger partial charge is 0.452 e. The Morgan fingerprint density at radius 3 is 2.36 bits per heavy atom. The number of sulfonamides is 1. The third-order valence-electron chi connectivity index (χ3n) is 3.63. The Bertz CT molecular complexity index is 976. The highest BCUT2D eigenvalue weighted by molar-refractivity contribution is 9.10. The van der Waals surface area contributed by atoms with Crippen LogP contribution in [-0.4, -0.2) is 51.6 Å². The summed E-state index contributed by atoms with van der Waals surface area (Å²) >= 11 is 4.75. The molecule has 0 fully saturated rings. The minimum atomic E-state index is -3.74. The number of amides is 1. The Kier molecular flexibility index (Phi) is 7.64. The summed E-state index contributed by atoms with van der Waals surface area (Å²) in [7, 11) is -0.960. The van der Waals surface area contributed by atoms with Crippen LogP contribution in [0.25, 0.3) is 0 Å². The summed E-state index contributed by atoms with van der Waals surface area (Å²) in [6.45, 7) is -0.491. The standard InChI is InChI=1S/C18H19BrN2O5S2/c1-21(2)28(24,25)16-10-12(4-9-15(16)19)18(23)26-11-17(22)20-13-5-7-14(27-3)8-6-13/h4-10H,11H2,1-3H3,(H,20,22). The van der Waals surface area contributed by atoms with Crippen LogP contribution in [0.1, 0.15) is 10.4 Å². The van der Waals surface area contributed by atoms with Crippen LogP contribution >= 0.6 is 27.7 Å². The highest BCUT2D eigenvalue weighted by Crippen LogP contribution is 2.25. The van der Waals surface area contributed by atoms with Crippen LogP contribution in [0.5, 0.6) is 0 Å². The molecule has 150 valence electrons. The van der Waals surface area contributed by atoms with E-state index in [2.05, 4.69) is 21.2 Å². The Hall–Kier alpha value is -1.88. The molecule has 0 spiro atoms. The Labute approximate surface area is 176 Å². The summed E-state index contributed by atoms with van der Waals surface area (Å²) in [5.74, 6) is -1.29. The number of ether oxygens (including phenoxy) is 1. The summed E-state index contributed by atoms with van der Waals surface area (Å²) < 4.78 is 31.0. The monoisotopic (exact) mass is 486 g/mol. The first kappa shape index (κ1) is 22.4. The molecule has 0 radical (unpaired) electrons. The van der Waals surface area contributed by atoms with Crippen molar-refractivity contribution >= 4 is 55.3 Å². The van der Waals surface area contributed by atoms with Crippen molar-refractivity contribution in [1.82, 2.24) is 4.31 Å². The van der Waals surface area contributed by atoms with Crippen molar-refractivity contribution < 1.29 is 22.7 Å². The number of hydrogen-bond donors (Lipinski definition) is 1. The quantitative estimate of drug-likeness (QED) is 0.476. The first-order valence-electron chi connectivity index (χ1n) is 7.98. The van der Waals surface area contributed by atoms with Gasteiger partial charge >= 0.3 is 5.97 Å². The fraction of sp³-hybridized carbons (Fsp3) is 0.222. The molecule has 1 N–H and O–H groups in total. The number of rotatable bonds is 7. The second kappa shape index (κ2) is 9.55. The highest BCUT2D eigenvalue weighted by atomic mass is 79.9. The van der Waals surface area contributed by atoms with Gasteiger partial charge in [0.05, 0.1) is 10.5 Å². The van der Waals surface area contributed by atoms with Crippen LogP contribution in [0.15, 0.2) is 56.7 Å². The molecule has 0 aliphatic rings. The molecule has 0 aliphatic carbocycles. The molecule has 10 heteroatoms. The van der Waals surface area contributed by atoms with Crippen molar-refractivity contribution in [2.45, 2.75) is 9.79 Å². The minimum absolute atomic E-state index is 0.0285. The van der Waals surface area contributed by atoms with E-state index in [9.17, 15) is 18.0 Å². The van der Waals surface area contributed by atoms with Crippen LogP contribution in [0.4, 0.5) is 5.69 Å². The topological polar surface area (TPSA) is 92.8 Å². The van der Waals surface area contributed by atoms with Gasteiger partial charge in [-0.05, 0) is 64.7 Å². The number of anilines is 1. The van der Waals surface area contributed by atoms with E-state index < -0.39 is 28.5 Å². The van der Waals surface area contributed by atoms with Crippen LogP contribution in [-0.2, 0) is 19.6 Å². The van der Waals surface area contributed by atoms with Crippen molar-refractivity contribution in [3.63, 3.8) is 0 Å². The molecule has 2 aromatic rings. The Morgan fingerprint density at radius 2 is 1.79 bits per heavy atom. The van der Waals surface area contributed by atoms with Crippen molar-refractivity contribution in [3.8, 4) is 0 Å². The lowest BCUT2D eigenvalue weighted by Crippen LogP contribution is -2.23. The second-order valence-corrected chi connectivity index (χ2v) is 9.64. The summed E-state index contributed by atoms with van der Waals surface area (Å²) in [5, 5.41) is 2.62. The zero-order chi connectivity index (χ0) is 20.9. The third-order valence-corrected chi connectivity index (χ3v) is 7.19. The fourth-order valence-corrected chi connectivity index (χ4v) is 4.36. The van der Waals surface area contributed by atoms with Gasteiger partial charge in [0.1, 0.15) is 0 Å². The van der Waals surface area contributed by atoms with Gasteiger partial charge in [-0.15, -0.1) is 11.8 Å². The van der Waals surface area contributed by atoms with Crippen molar-refractivity contribution in [2.24, 2.45) is 0 Å². The smallest absolute Gasteiger partial charge is 0.338 e. The molecule has 0 aliphatic heterocycles. The predicted molar refractivity (Wildman–Crippen MR) is 112 cm³/mol. The number of benzene rings is 2. The summed E-state index contributed by atoms with van der Waals surface area (Å²) in [6, 6.07) is 11.3. The Balaban J connectivity index is 2.03. The molecule has 0 heterocycles. The maximum Gasteiger partial charge on any atom is 0.338 e. The zero-order valence-corrected chi connectivity index (χ0v) is 18.7. The molecule has 0 saturated heterocycles. The van der Waals surface area contributed by atoms with Crippen LogP contribution < -0.4 is 5.32 Å². The van der Waals surface area contributed by atoms with E-state index in [0.717, 1.165) is 9.20 Å². The second-order valence-electron chi connectivity index (χ2n) is 5.79. The van der Waals surface area contributed by atoms with E-state index in [0.29, 0.717) is 10.2 Å². The molecular formula is C18H19BrN2O5S2. The van der Waals surface area contributed by atoms with Crippen LogP contribution in [0, 0.1) is 0 Å². The predicted octanol–water partition coefficient (Wildman–Crippen LogP) is 3.22. The maximum atomic E-state index is 12.3. The molecule has 0 unspecified atom stereocenters. The van der Waals surface area contributed by atoms with Gasteiger partial charge in [0.15, 0.2) is 6.61 Å². The van der Waals surface area contributed by atoms with Crippen molar-refractivity contribution in [1.29, 1.82) is 0 Å². The van der Waals surface area contributed by atoms with Gasteiger partial charge in [0.2, 0.25) is 10.0 Å². The van der Waals surface area contributed by atoms with E-state index in [1.165, 1.54) is 32.3 Å². The lowest BCUT2D eigenvalue weighted by atomic mass is 10.2. The molecule has 0 atom stereocenters. The van der Waals surface area contributed by atoms with E-state index in [4.69, 9.17) is 4.74 Å². The van der Waals surface area contributed by atoms with Gasteiger partial charge in [-0.2, -0.15) is 0 Å². The SMILES string of the molecule is CSc1ccc(NC(=O)COC(=O)c2ccc(Br)c(S(=O)(=O)N(C)C)c2)cc1. The first-order chi connectivity index (χ1) is 13.1. The van der Waals surface area contributed by atoms with Crippen molar-refractivity contribution in [2.75, 3.05) is 32.3 Å². The number of carbonyl (C=O) groups is 2. The van der Waals surface area contributed by atoms with Crippen LogP contribution in [0.3, 0.4) is 0 Å². The summed E-state index contributed by atoms with van der Waals surface area (Å²) in [4.78, 5) is 25.2. The molecule has 2 rings (SSSR count). The molecule has 2 aromatic carbocycles. The normalized spacial score (nSPS) is 11.3. The number of esters is 1. The van der Waals surface area contributed by atoms with E-state index >= 15 is 0 Å². The highest BCUT2D eigenvalue weighted by Gasteiger charge is 2.22. The number of nitrogens with zero attached hydrogens (tertiary/aromatic N) is 1. The number of hydrogen-bond acceptors (Lipinski definition) is 6. The van der Waals surface area contributed by atoms with E-state index in [1.807, 2.05) is 18.4 Å². The number of carbonyl (C=O) groups excluding carboxylic acids is 2. The molecule has 0 bridgehead atoms. The van der Waals surface area contributed by atoms with Gasteiger partial charge in [-0.25, -0.2) is 17.5 Å². The number of thioether (sulfide) groups is 1. The van der Waals surface area contributed by atoms with Gasteiger partial charge in [-0.3, -0.25) is 4.79 Å². The average Bonchev–Trinajstić information content (AvgIpc) is 2.66. The molecular weight excluding hydrogens is 468 g/mol. The van der Waals surface area contributed by atoms with E-state index in [-0.39, 0.29) is 10.5 Å².